The molecule has 1 heterocycles. The van der Waals surface area contributed by atoms with Gasteiger partial charge in [0.25, 0.3) is 0 Å². The fraction of sp³-hybridized carbons (Fsp3) is 0.818. The maximum Gasteiger partial charge on any atom is 0.242 e. The van der Waals surface area contributed by atoms with E-state index in [1.165, 1.54) is 0 Å². The van der Waals surface area contributed by atoms with E-state index >= 15 is 0 Å². The van der Waals surface area contributed by atoms with E-state index < -0.39 is 0 Å². The van der Waals surface area contributed by atoms with E-state index in [0.717, 1.165) is 19.6 Å². The Bertz CT molecular complexity index is 252. The molecule has 2 N–H and O–H groups in total. The van der Waals surface area contributed by atoms with E-state index in [1.54, 1.807) is 0 Å². The molecule has 0 radical (unpaired) electrons. The van der Waals surface area contributed by atoms with Crippen LogP contribution in [0.2, 0.25) is 0 Å². The molecule has 2 amide bonds. The molecule has 0 bridgehead atoms. The maximum absolute atomic E-state index is 11.6. The minimum atomic E-state index is -0.316. The zero-order valence-electron chi connectivity index (χ0n) is 10.1. The first-order valence-electron chi connectivity index (χ1n) is 5.96. The van der Waals surface area contributed by atoms with Gasteiger partial charge in [-0.25, -0.2) is 0 Å². The van der Waals surface area contributed by atoms with E-state index in [1.807, 2.05) is 0 Å². The summed E-state index contributed by atoms with van der Waals surface area (Å²) in [5, 5.41) is 5.50. The number of carbonyl (C=O) groups is 2. The van der Waals surface area contributed by atoms with Crippen molar-refractivity contribution in [2.24, 2.45) is 0 Å². The molecule has 16 heavy (non-hydrogen) atoms. The highest BCUT2D eigenvalue weighted by atomic mass is 16.2. The predicted octanol–water partition coefficient (Wildman–Crippen LogP) is -0.277. The van der Waals surface area contributed by atoms with Crippen LogP contribution in [0.4, 0.5) is 0 Å². The third-order valence-corrected chi connectivity index (χ3v) is 2.93. The quantitative estimate of drug-likeness (QED) is 0.656. The van der Waals surface area contributed by atoms with Gasteiger partial charge < -0.3 is 15.5 Å². The molecule has 1 saturated heterocycles. The van der Waals surface area contributed by atoms with Crippen molar-refractivity contribution in [2.75, 3.05) is 26.2 Å². The summed E-state index contributed by atoms with van der Waals surface area (Å²) in [6.45, 7) is 7.69. The summed E-state index contributed by atoms with van der Waals surface area (Å²) >= 11 is 0. The lowest BCUT2D eigenvalue weighted by molar-refractivity contribution is -0.125. The minimum Gasteiger partial charge on any atom is -0.353 e. The van der Waals surface area contributed by atoms with Crippen molar-refractivity contribution in [1.82, 2.24) is 15.5 Å². The van der Waals surface area contributed by atoms with Gasteiger partial charge in [-0.1, -0.05) is 13.8 Å². The van der Waals surface area contributed by atoms with E-state index in [2.05, 4.69) is 29.4 Å². The van der Waals surface area contributed by atoms with Crippen LogP contribution in [0.15, 0.2) is 0 Å². The van der Waals surface area contributed by atoms with E-state index in [4.69, 9.17) is 0 Å². The molecule has 1 aliphatic heterocycles. The lowest BCUT2D eigenvalue weighted by Crippen LogP contribution is -2.44. The van der Waals surface area contributed by atoms with Gasteiger partial charge in [-0.3, -0.25) is 9.59 Å². The van der Waals surface area contributed by atoms with Crippen LogP contribution < -0.4 is 10.6 Å². The third kappa shape index (κ3) is 3.81. The number of nitrogens with one attached hydrogen (secondary N) is 2. The maximum atomic E-state index is 11.6. The van der Waals surface area contributed by atoms with Crippen molar-refractivity contribution in [2.45, 2.75) is 32.7 Å². The summed E-state index contributed by atoms with van der Waals surface area (Å²) in [5.74, 6) is -0.0816. The Kier molecular flexibility index (Phi) is 5.25. The van der Waals surface area contributed by atoms with Crippen LogP contribution in [0.3, 0.4) is 0 Å². The van der Waals surface area contributed by atoms with Crippen LogP contribution in [-0.4, -0.2) is 48.9 Å². The van der Waals surface area contributed by atoms with Crippen molar-refractivity contribution in [3.05, 3.63) is 0 Å². The highest BCUT2D eigenvalue weighted by molar-refractivity contribution is 5.90. The van der Waals surface area contributed by atoms with Gasteiger partial charge in [0, 0.05) is 19.5 Å². The second kappa shape index (κ2) is 6.48. The first-order valence-corrected chi connectivity index (χ1v) is 5.96. The number of likely N-dealkylation sites (N-methyl/N-ethyl adjacent to an activating group) is 1. The lowest BCUT2D eigenvalue weighted by Gasteiger charge is -2.18. The largest absolute Gasteiger partial charge is 0.353 e. The molecule has 0 aromatic rings. The zero-order chi connectivity index (χ0) is 12.0. The Morgan fingerprint density at radius 3 is 2.69 bits per heavy atom. The molecule has 1 rings (SSSR count). The summed E-state index contributed by atoms with van der Waals surface area (Å²) in [5.41, 5.74) is 0. The Morgan fingerprint density at radius 1 is 1.50 bits per heavy atom. The molecule has 0 saturated carbocycles. The van der Waals surface area contributed by atoms with Gasteiger partial charge in [-0.2, -0.15) is 0 Å². The molecule has 0 spiro atoms. The first-order chi connectivity index (χ1) is 7.67. The normalized spacial score (nSPS) is 19.9. The number of amides is 2. The van der Waals surface area contributed by atoms with Crippen LogP contribution in [-0.2, 0) is 9.59 Å². The molecule has 1 aliphatic rings. The van der Waals surface area contributed by atoms with E-state index in [0.29, 0.717) is 19.4 Å². The van der Waals surface area contributed by atoms with Gasteiger partial charge >= 0.3 is 0 Å². The van der Waals surface area contributed by atoms with Gasteiger partial charge in [0.1, 0.15) is 6.04 Å². The second-order valence-electron chi connectivity index (χ2n) is 3.98. The molecule has 1 fully saturated rings. The van der Waals surface area contributed by atoms with Gasteiger partial charge in [-0.05, 0) is 19.5 Å². The van der Waals surface area contributed by atoms with Crippen molar-refractivity contribution in [1.29, 1.82) is 0 Å². The fourth-order valence-corrected chi connectivity index (χ4v) is 1.81. The Morgan fingerprint density at radius 2 is 2.19 bits per heavy atom. The van der Waals surface area contributed by atoms with Crippen molar-refractivity contribution < 1.29 is 9.59 Å². The van der Waals surface area contributed by atoms with Crippen LogP contribution >= 0.6 is 0 Å². The van der Waals surface area contributed by atoms with Gasteiger partial charge in [0.15, 0.2) is 0 Å². The van der Waals surface area contributed by atoms with Crippen LogP contribution in [0.1, 0.15) is 26.7 Å². The number of hydrogen-bond donors (Lipinski definition) is 2. The molecule has 0 aromatic heterocycles. The summed E-state index contributed by atoms with van der Waals surface area (Å²) in [4.78, 5) is 24.8. The van der Waals surface area contributed by atoms with Crippen LogP contribution in [0.5, 0.6) is 0 Å². The fourth-order valence-electron chi connectivity index (χ4n) is 1.81. The predicted molar refractivity (Wildman–Crippen MR) is 62.0 cm³/mol. The first kappa shape index (κ1) is 13.0. The number of carbonyl (C=O) groups excluding carboxylic acids is 2. The highest BCUT2D eigenvalue weighted by Gasteiger charge is 2.26. The molecular weight excluding hydrogens is 206 g/mol. The molecule has 1 atom stereocenters. The standard InChI is InChI=1S/C11H21N3O2/c1-3-14(4-2)8-7-12-11(16)9-5-6-10(15)13-9/h9H,3-8H2,1-2H3,(H,12,16)(H,13,15)/t9-/m0/s1. The summed E-state index contributed by atoms with van der Waals surface area (Å²) in [6.07, 6.45) is 1.09. The Balaban J connectivity index is 2.17. The van der Waals surface area contributed by atoms with Gasteiger partial charge in [0.05, 0.1) is 0 Å². The number of rotatable bonds is 6. The third-order valence-electron chi connectivity index (χ3n) is 2.93. The SMILES string of the molecule is CCN(CC)CCNC(=O)[C@@H]1CCC(=O)N1. The Hall–Kier alpha value is -1.10. The molecule has 0 aromatic carbocycles. The van der Waals surface area contributed by atoms with Crippen LogP contribution in [0, 0.1) is 0 Å². The summed E-state index contributed by atoms with van der Waals surface area (Å²) < 4.78 is 0. The van der Waals surface area contributed by atoms with Gasteiger partial charge in [-0.15, -0.1) is 0 Å². The molecular formula is C11H21N3O2. The summed E-state index contributed by atoms with van der Waals surface area (Å²) in [7, 11) is 0. The van der Waals surface area contributed by atoms with E-state index in [9.17, 15) is 9.59 Å². The topological polar surface area (TPSA) is 61.4 Å². The van der Waals surface area contributed by atoms with Crippen molar-refractivity contribution in [3.8, 4) is 0 Å². The smallest absolute Gasteiger partial charge is 0.242 e. The van der Waals surface area contributed by atoms with Crippen molar-refractivity contribution >= 4 is 11.8 Å². The number of hydrogen-bond acceptors (Lipinski definition) is 3. The Labute approximate surface area is 96.6 Å². The average molecular weight is 227 g/mol. The second-order valence-corrected chi connectivity index (χ2v) is 3.98. The lowest BCUT2D eigenvalue weighted by atomic mass is 10.2. The average Bonchev–Trinajstić information content (AvgIpc) is 2.71. The number of nitrogens with zero attached hydrogens (tertiary/aromatic N) is 1. The molecule has 5 heteroatoms. The summed E-state index contributed by atoms with van der Waals surface area (Å²) in [6, 6.07) is -0.316. The molecule has 5 nitrogen and oxygen atoms in total. The molecule has 0 aliphatic carbocycles. The van der Waals surface area contributed by atoms with E-state index in [-0.39, 0.29) is 17.9 Å². The highest BCUT2D eigenvalue weighted by Crippen LogP contribution is 2.05. The van der Waals surface area contributed by atoms with Gasteiger partial charge in [0.2, 0.25) is 11.8 Å². The van der Waals surface area contributed by atoms with Crippen LogP contribution in [0.25, 0.3) is 0 Å². The van der Waals surface area contributed by atoms with Crippen molar-refractivity contribution in [3.63, 3.8) is 0 Å². The molecule has 0 unspecified atom stereocenters. The minimum absolute atomic E-state index is 0.0242. The molecule has 92 valence electrons. The zero-order valence-corrected chi connectivity index (χ0v) is 10.1. The monoisotopic (exact) mass is 227 g/mol.